The molecule has 1 unspecified atom stereocenters. The van der Waals surface area contributed by atoms with Gasteiger partial charge in [-0.3, -0.25) is 0 Å². The van der Waals surface area contributed by atoms with Crippen LogP contribution in [0.5, 0.6) is 0 Å². The molecule has 0 saturated heterocycles. The first-order valence-electron chi connectivity index (χ1n) is 9.31. The number of nitrogens with zero attached hydrogens (tertiary/aromatic N) is 2. The minimum absolute atomic E-state index is 0.763. The van der Waals surface area contributed by atoms with Gasteiger partial charge >= 0.3 is 0 Å². The molecule has 3 heteroatoms. The molecule has 0 bridgehead atoms. The van der Waals surface area contributed by atoms with Crippen LogP contribution >= 0.6 is 0 Å². The molecule has 0 saturated carbocycles. The van der Waals surface area contributed by atoms with Crippen LogP contribution in [-0.4, -0.2) is 29.6 Å². The second kappa shape index (κ2) is 6.29. The fourth-order valence-electron chi connectivity index (χ4n) is 4.29. The molecule has 1 aromatic carbocycles. The van der Waals surface area contributed by atoms with Crippen molar-refractivity contribution in [2.24, 2.45) is 5.92 Å². The molecule has 2 aliphatic heterocycles. The van der Waals surface area contributed by atoms with E-state index in [1.807, 2.05) is 0 Å². The Labute approximate surface area is 145 Å². The molecule has 4 rings (SSSR count). The van der Waals surface area contributed by atoms with Crippen LogP contribution in [0.15, 0.2) is 30.0 Å². The Morgan fingerprint density at radius 2 is 2.12 bits per heavy atom. The van der Waals surface area contributed by atoms with E-state index in [1.54, 1.807) is 11.3 Å². The van der Waals surface area contributed by atoms with Crippen molar-refractivity contribution in [2.75, 3.05) is 20.1 Å². The van der Waals surface area contributed by atoms with Crippen molar-refractivity contribution in [3.8, 4) is 0 Å². The predicted octanol–water partition coefficient (Wildman–Crippen LogP) is 3.84. The maximum Gasteiger partial charge on any atom is 0.0486 e. The van der Waals surface area contributed by atoms with Crippen LogP contribution in [0, 0.1) is 12.8 Å². The molecule has 3 nitrogen and oxygen atoms in total. The molecule has 1 atom stereocenters. The molecule has 0 fully saturated rings. The van der Waals surface area contributed by atoms with Gasteiger partial charge in [0.05, 0.1) is 0 Å². The molecule has 2 aromatic rings. The van der Waals surface area contributed by atoms with Crippen molar-refractivity contribution in [3.63, 3.8) is 0 Å². The molecule has 0 spiro atoms. The number of aryl methyl sites for hydroxylation is 2. The van der Waals surface area contributed by atoms with E-state index in [0.29, 0.717) is 0 Å². The summed E-state index contributed by atoms with van der Waals surface area (Å²) in [6, 6.07) is 6.99. The smallest absolute Gasteiger partial charge is 0.0486 e. The number of rotatable bonds is 3. The van der Waals surface area contributed by atoms with Crippen LogP contribution in [0.1, 0.15) is 36.6 Å². The van der Waals surface area contributed by atoms with E-state index in [-0.39, 0.29) is 0 Å². The predicted molar refractivity (Wildman–Crippen MR) is 101 cm³/mol. The molecular formula is C21H29N3. The fraction of sp³-hybridized carbons (Fsp3) is 0.524. The number of nitrogens with one attached hydrogen (secondary N) is 1. The summed E-state index contributed by atoms with van der Waals surface area (Å²) in [5.41, 5.74) is 7.31. The third kappa shape index (κ3) is 2.86. The molecule has 24 heavy (non-hydrogen) atoms. The van der Waals surface area contributed by atoms with Crippen molar-refractivity contribution >= 4 is 10.9 Å². The van der Waals surface area contributed by atoms with E-state index in [9.17, 15) is 0 Å². The van der Waals surface area contributed by atoms with Crippen molar-refractivity contribution < 1.29 is 0 Å². The maximum absolute atomic E-state index is 3.52. The van der Waals surface area contributed by atoms with Crippen molar-refractivity contribution in [2.45, 2.75) is 46.2 Å². The lowest BCUT2D eigenvalue weighted by Crippen LogP contribution is -2.28. The van der Waals surface area contributed by atoms with Crippen LogP contribution in [0.25, 0.3) is 10.9 Å². The van der Waals surface area contributed by atoms with E-state index in [1.165, 1.54) is 48.0 Å². The summed E-state index contributed by atoms with van der Waals surface area (Å²) in [5.74, 6) is 0.763. The van der Waals surface area contributed by atoms with E-state index in [4.69, 9.17) is 0 Å². The quantitative estimate of drug-likeness (QED) is 0.926. The fourth-order valence-corrected chi connectivity index (χ4v) is 4.29. The highest BCUT2D eigenvalue weighted by atomic mass is 15.1. The summed E-state index contributed by atoms with van der Waals surface area (Å²) in [6.07, 6.45) is 6.02. The summed E-state index contributed by atoms with van der Waals surface area (Å²) in [7, 11) is 2.24. The SMILES string of the molecule is CC1=CCC(CCn2c3c(c4cc(C)ccc42)CN(C)CC3)CN1. The number of allylic oxidation sites excluding steroid dienone is 2. The van der Waals surface area contributed by atoms with Gasteiger partial charge in [-0.15, -0.1) is 0 Å². The average molecular weight is 323 g/mol. The van der Waals surface area contributed by atoms with Gasteiger partial charge in [0.15, 0.2) is 0 Å². The Kier molecular flexibility index (Phi) is 4.13. The van der Waals surface area contributed by atoms with E-state index < -0.39 is 0 Å². The molecule has 128 valence electrons. The molecule has 0 aliphatic carbocycles. The first kappa shape index (κ1) is 15.8. The number of fused-ring (bicyclic) bond motifs is 3. The first-order chi connectivity index (χ1) is 11.6. The zero-order valence-corrected chi connectivity index (χ0v) is 15.2. The molecular weight excluding hydrogens is 294 g/mol. The molecule has 3 heterocycles. The lowest BCUT2D eigenvalue weighted by atomic mass is 9.97. The minimum atomic E-state index is 0.763. The van der Waals surface area contributed by atoms with Gasteiger partial charge in [0, 0.05) is 54.9 Å². The van der Waals surface area contributed by atoms with E-state index in [0.717, 1.165) is 25.6 Å². The second-order valence-corrected chi connectivity index (χ2v) is 7.74. The van der Waals surface area contributed by atoms with E-state index >= 15 is 0 Å². The molecule has 0 radical (unpaired) electrons. The van der Waals surface area contributed by atoms with Crippen LogP contribution in [0.4, 0.5) is 0 Å². The van der Waals surface area contributed by atoms with Crippen molar-refractivity contribution in [3.05, 3.63) is 46.8 Å². The van der Waals surface area contributed by atoms with Crippen molar-refractivity contribution in [1.82, 2.24) is 14.8 Å². The van der Waals surface area contributed by atoms with Gasteiger partial charge < -0.3 is 14.8 Å². The highest BCUT2D eigenvalue weighted by Crippen LogP contribution is 2.32. The largest absolute Gasteiger partial charge is 0.389 e. The van der Waals surface area contributed by atoms with Gasteiger partial charge in [-0.1, -0.05) is 17.7 Å². The van der Waals surface area contributed by atoms with Crippen molar-refractivity contribution in [1.29, 1.82) is 0 Å². The number of aromatic nitrogens is 1. The topological polar surface area (TPSA) is 20.2 Å². The number of likely N-dealkylation sites (N-methyl/N-ethyl adjacent to an activating group) is 1. The standard InChI is InChI=1S/C21H29N3/c1-15-4-7-20-18(12-15)19-14-23(3)10-9-21(19)24(20)11-8-17-6-5-16(2)22-13-17/h4-5,7,12,17,22H,6,8-11,13-14H2,1-3H3. The van der Waals surface area contributed by atoms with Gasteiger partial charge in [0.25, 0.3) is 0 Å². The van der Waals surface area contributed by atoms with Gasteiger partial charge in [0.2, 0.25) is 0 Å². The van der Waals surface area contributed by atoms with Gasteiger partial charge in [-0.05, 0) is 57.4 Å². The summed E-state index contributed by atoms with van der Waals surface area (Å²) in [6.45, 7) is 8.93. The van der Waals surface area contributed by atoms with Crippen LogP contribution in [-0.2, 0) is 19.5 Å². The monoisotopic (exact) mass is 323 g/mol. The van der Waals surface area contributed by atoms with Gasteiger partial charge in [-0.25, -0.2) is 0 Å². The Morgan fingerprint density at radius 3 is 2.92 bits per heavy atom. The third-order valence-electron chi connectivity index (χ3n) is 5.79. The Morgan fingerprint density at radius 1 is 1.25 bits per heavy atom. The zero-order valence-electron chi connectivity index (χ0n) is 15.2. The van der Waals surface area contributed by atoms with Gasteiger partial charge in [0.1, 0.15) is 0 Å². The van der Waals surface area contributed by atoms with Crippen LogP contribution < -0.4 is 5.32 Å². The lowest BCUT2D eigenvalue weighted by Gasteiger charge is -2.26. The molecule has 1 N–H and O–H groups in total. The summed E-state index contributed by atoms with van der Waals surface area (Å²) in [4.78, 5) is 2.45. The highest BCUT2D eigenvalue weighted by Gasteiger charge is 2.23. The van der Waals surface area contributed by atoms with Crippen LogP contribution in [0.3, 0.4) is 0 Å². The van der Waals surface area contributed by atoms with Gasteiger partial charge in [-0.2, -0.15) is 0 Å². The average Bonchev–Trinajstić information content (AvgIpc) is 2.87. The lowest BCUT2D eigenvalue weighted by molar-refractivity contribution is 0.307. The minimum Gasteiger partial charge on any atom is -0.389 e. The molecule has 0 amide bonds. The summed E-state index contributed by atoms with van der Waals surface area (Å²) in [5, 5.41) is 5.00. The maximum atomic E-state index is 3.52. The number of benzene rings is 1. The number of hydrogen-bond acceptors (Lipinski definition) is 2. The Hall–Kier alpha value is -1.74. The Bertz CT molecular complexity index is 784. The zero-order chi connectivity index (χ0) is 16.7. The second-order valence-electron chi connectivity index (χ2n) is 7.74. The normalized spacial score (nSPS) is 21.5. The molecule has 2 aliphatic rings. The number of hydrogen-bond donors (Lipinski definition) is 1. The summed E-state index contributed by atoms with van der Waals surface area (Å²) < 4.78 is 2.63. The highest BCUT2D eigenvalue weighted by molar-refractivity contribution is 5.86. The molecule has 1 aromatic heterocycles. The van der Waals surface area contributed by atoms with Crippen LogP contribution in [0.2, 0.25) is 0 Å². The Balaban J connectivity index is 1.65. The third-order valence-corrected chi connectivity index (χ3v) is 5.79. The summed E-state index contributed by atoms with van der Waals surface area (Å²) >= 11 is 0. The van der Waals surface area contributed by atoms with E-state index in [2.05, 4.69) is 60.0 Å². The first-order valence-corrected chi connectivity index (χ1v) is 9.31.